The van der Waals surface area contributed by atoms with Crippen molar-refractivity contribution >= 4 is 27.5 Å². The number of aryl methyl sites for hydroxylation is 2. The third kappa shape index (κ3) is 3.62. The zero-order valence-electron chi connectivity index (χ0n) is 11.6. The van der Waals surface area contributed by atoms with Gasteiger partial charge in [-0.25, -0.2) is 0 Å². The molecule has 0 saturated heterocycles. The minimum absolute atomic E-state index is 0.469. The van der Waals surface area contributed by atoms with E-state index in [9.17, 15) is 5.11 Å². The molecule has 1 aromatic heterocycles. The predicted octanol–water partition coefficient (Wildman–Crippen LogP) is 3.77. The van der Waals surface area contributed by atoms with Gasteiger partial charge in [-0.3, -0.25) is 4.68 Å². The Morgan fingerprint density at radius 1 is 1.40 bits per heavy atom. The monoisotopic (exact) mass is 356 g/mol. The van der Waals surface area contributed by atoms with Crippen LogP contribution in [0.15, 0.2) is 28.7 Å². The van der Waals surface area contributed by atoms with E-state index in [0.29, 0.717) is 17.9 Å². The third-order valence-electron chi connectivity index (χ3n) is 3.24. The highest BCUT2D eigenvalue weighted by Crippen LogP contribution is 2.23. The van der Waals surface area contributed by atoms with Crippen LogP contribution in [0.1, 0.15) is 23.9 Å². The minimum Gasteiger partial charge on any atom is -0.392 e. The zero-order valence-corrected chi connectivity index (χ0v) is 13.9. The molecule has 0 spiro atoms. The quantitative estimate of drug-likeness (QED) is 0.884. The van der Waals surface area contributed by atoms with E-state index in [-0.39, 0.29) is 0 Å². The van der Waals surface area contributed by atoms with Crippen LogP contribution in [0.4, 0.5) is 0 Å². The molecule has 2 aromatic rings. The van der Waals surface area contributed by atoms with Crippen molar-refractivity contribution in [2.45, 2.75) is 39.3 Å². The van der Waals surface area contributed by atoms with E-state index in [2.05, 4.69) is 21.0 Å². The summed E-state index contributed by atoms with van der Waals surface area (Å²) in [5, 5.41) is 15.3. The van der Waals surface area contributed by atoms with Crippen molar-refractivity contribution in [2.24, 2.45) is 0 Å². The molecule has 0 fully saturated rings. The molecule has 0 aliphatic carbocycles. The maximum atomic E-state index is 10.3. The number of benzene rings is 1. The Bertz CT molecular complexity index is 598. The Morgan fingerprint density at radius 3 is 2.80 bits per heavy atom. The van der Waals surface area contributed by atoms with Crippen LogP contribution in [0.3, 0.4) is 0 Å². The first kappa shape index (κ1) is 15.5. The minimum atomic E-state index is -0.469. The van der Waals surface area contributed by atoms with Gasteiger partial charge < -0.3 is 5.11 Å². The Hall–Kier alpha value is -0.840. The highest BCUT2D eigenvalue weighted by Gasteiger charge is 2.16. The first-order valence-corrected chi connectivity index (χ1v) is 7.82. The molecule has 0 amide bonds. The fraction of sp³-hybridized carbons (Fsp3) is 0.400. The fourth-order valence-electron chi connectivity index (χ4n) is 2.30. The number of hydrogen-bond donors (Lipinski definition) is 1. The predicted molar refractivity (Wildman–Crippen MR) is 85.2 cm³/mol. The van der Waals surface area contributed by atoms with Crippen molar-refractivity contribution in [3.63, 3.8) is 0 Å². The van der Waals surface area contributed by atoms with Crippen molar-refractivity contribution < 1.29 is 5.11 Å². The Kier molecular flexibility index (Phi) is 5.24. The second-order valence-electron chi connectivity index (χ2n) is 4.85. The van der Waals surface area contributed by atoms with Gasteiger partial charge in [0.1, 0.15) is 0 Å². The Morgan fingerprint density at radius 2 is 2.15 bits per heavy atom. The van der Waals surface area contributed by atoms with Gasteiger partial charge >= 0.3 is 0 Å². The number of rotatable bonds is 5. The summed E-state index contributed by atoms with van der Waals surface area (Å²) in [4.78, 5) is 0. The van der Waals surface area contributed by atoms with Crippen LogP contribution in [-0.4, -0.2) is 21.0 Å². The summed E-state index contributed by atoms with van der Waals surface area (Å²) in [5.41, 5.74) is 2.83. The van der Waals surface area contributed by atoms with Gasteiger partial charge in [-0.15, -0.1) is 0 Å². The van der Waals surface area contributed by atoms with E-state index in [1.807, 2.05) is 42.8 Å². The SMILES string of the molecule is CCn1nc(C)c(Cl)c1CC(O)Cc1cccc(Br)c1. The molecule has 1 aromatic carbocycles. The van der Waals surface area contributed by atoms with Crippen molar-refractivity contribution in [3.05, 3.63) is 50.7 Å². The summed E-state index contributed by atoms with van der Waals surface area (Å²) < 4.78 is 2.89. The van der Waals surface area contributed by atoms with Crippen LogP contribution >= 0.6 is 27.5 Å². The molecule has 108 valence electrons. The van der Waals surface area contributed by atoms with Gasteiger partial charge in [0.15, 0.2) is 0 Å². The molecule has 1 N–H and O–H groups in total. The van der Waals surface area contributed by atoms with Gasteiger partial charge in [-0.1, -0.05) is 39.7 Å². The first-order chi connectivity index (χ1) is 9.51. The summed E-state index contributed by atoms with van der Waals surface area (Å²) in [6.07, 6.45) is 0.646. The second-order valence-corrected chi connectivity index (χ2v) is 6.15. The van der Waals surface area contributed by atoms with E-state index in [4.69, 9.17) is 11.6 Å². The third-order valence-corrected chi connectivity index (χ3v) is 4.23. The number of nitrogens with zero attached hydrogens (tertiary/aromatic N) is 2. The molecule has 0 radical (unpaired) electrons. The summed E-state index contributed by atoms with van der Waals surface area (Å²) in [6, 6.07) is 7.98. The Balaban J connectivity index is 2.10. The van der Waals surface area contributed by atoms with Crippen molar-refractivity contribution in [1.82, 2.24) is 9.78 Å². The van der Waals surface area contributed by atoms with E-state index in [1.54, 1.807) is 0 Å². The zero-order chi connectivity index (χ0) is 14.7. The molecular formula is C15H18BrClN2O. The largest absolute Gasteiger partial charge is 0.392 e. The number of aliphatic hydroxyl groups excluding tert-OH is 1. The van der Waals surface area contributed by atoms with Gasteiger partial charge in [0.05, 0.1) is 22.5 Å². The molecule has 0 aliphatic rings. The molecule has 1 atom stereocenters. The molecule has 5 heteroatoms. The van der Waals surface area contributed by atoms with Gasteiger partial charge in [0.25, 0.3) is 0 Å². The number of hydrogen-bond acceptors (Lipinski definition) is 2. The molecule has 0 saturated carbocycles. The summed E-state index contributed by atoms with van der Waals surface area (Å²) in [7, 11) is 0. The van der Waals surface area contributed by atoms with E-state index in [0.717, 1.165) is 28.0 Å². The normalized spacial score (nSPS) is 12.7. The van der Waals surface area contributed by atoms with Gasteiger partial charge in [-0.05, 0) is 38.0 Å². The van der Waals surface area contributed by atoms with Crippen LogP contribution in [0.5, 0.6) is 0 Å². The molecule has 0 aliphatic heterocycles. The van der Waals surface area contributed by atoms with Crippen molar-refractivity contribution in [3.8, 4) is 0 Å². The Labute approximate surface area is 132 Å². The van der Waals surface area contributed by atoms with Crippen molar-refractivity contribution in [2.75, 3.05) is 0 Å². The van der Waals surface area contributed by atoms with E-state index in [1.165, 1.54) is 0 Å². The lowest BCUT2D eigenvalue weighted by Gasteiger charge is -2.12. The molecule has 1 unspecified atom stereocenters. The van der Waals surface area contributed by atoms with Crippen LogP contribution in [-0.2, 0) is 19.4 Å². The van der Waals surface area contributed by atoms with Crippen LogP contribution in [0, 0.1) is 6.92 Å². The lowest BCUT2D eigenvalue weighted by molar-refractivity contribution is 0.172. The molecule has 20 heavy (non-hydrogen) atoms. The maximum absolute atomic E-state index is 10.3. The molecular weight excluding hydrogens is 340 g/mol. The van der Waals surface area contributed by atoms with Crippen molar-refractivity contribution in [1.29, 1.82) is 0 Å². The first-order valence-electron chi connectivity index (χ1n) is 6.65. The standard InChI is InChI=1S/C15H18BrClN2O/c1-3-19-14(15(17)10(2)18-19)9-13(20)8-11-5-4-6-12(16)7-11/h4-7,13,20H,3,8-9H2,1-2H3. The maximum Gasteiger partial charge on any atom is 0.0848 e. The fourth-order valence-corrected chi connectivity index (χ4v) is 2.95. The highest BCUT2D eigenvalue weighted by atomic mass is 79.9. The molecule has 0 bridgehead atoms. The topological polar surface area (TPSA) is 38.0 Å². The van der Waals surface area contributed by atoms with Crippen LogP contribution < -0.4 is 0 Å². The summed E-state index contributed by atoms with van der Waals surface area (Å²) in [6.45, 7) is 4.66. The van der Waals surface area contributed by atoms with E-state index < -0.39 is 6.10 Å². The second kappa shape index (κ2) is 6.74. The number of aliphatic hydroxyl groups is 1. The van der Waals surface area contributed by atoms with Gasteiger partial charge in [-0.2, -0.15) is 5.10 Å². The summed E-state index contributed by atoms with van der Waals surface area (Å²) in [5.74, 6) is 0. The summed E-state index contributed by atoms with van der Waals surface area (Å²) >= 11 is 9.70. The number of halogens is 2. The molecule has 2 rings (SSSR count). The van der Waals surface area contributed by atoms with Crippen LogP contribution in [0.2, 0.25) is 5.02 Å². The van der Waals surface area contributed by atoms with E-state index >= 15 is 0 Å². The number of aromatic nitrogens is 2. The average Bonchev–Trinajstić information content (AvgIpc) is 2.66. The lowest BCUT2D eigenvalue weighted by Crippen LogP contribution is -2.17. The average molecular weight is 358 g/mol. The van der Waals surface area contributed by atoms with Gasteiger partial charge in [0, 0.05) is 17.4 Å². The van der Waals surface area contributed by atoms with Crippen LogP contribution in [0.25, 0.3) is 0 Å². The molecule has 3 nitrogen and oxygen atoms in total. The van der Waals surface area contributed by atoms with Gasteiger partial charge in [0.2, 0.25) is 0 Å². The molecule has 1 heterocycles. The lowest BCUT2D eigenvalue weighted by atomic mass is 10.0. The smallest absolute Gasteiger partial charge is 0.0848 e. The highest BCUT2D eigenvalue weighted by molar-refractivity contribution is 9.10.